The summed E-state index contributed by atoms with van der Waals surface area (Å²) in [5, 5.41) is 5.23. The summed E-state index contributed by atoms with van der Waals surface area (Å²) < 4.78 is 5.39. The van der Waals surface area contributed by atoms with Crippen molar-refractivity contribution in [1.29, 1.82) is 0 Å². The fraction of sp³-hybridized carbons (Fsp3) is 0.929. The minimum absolute atomic E-state index is 0.0949. The summed E-state index contributed by atoms with van der Waals surface area (Å²) in [6, 6.07) is 0.359. The lowest BCUT2D eigenvalue weighted by Gasteiger charge is -2.20. The molecule has 1 N–H and O–H groups in total. The topological polar surface area (TPSA) is 50.8 Å². The Morgan fingerprint density at radius 3 is 2.50 bits per heavy atom. The van der Waals surface area contributed by atoms with Crippen molar-refractivity contribution in [2.75, 3.05) is 39.2 Å². The second-order valence-electron chi connectivity index (χ2n) is 5.11. The van der Waals surface area contributed by atoms with E-state index < -0.39 is 0 Å². The zero-order chi connectivity index (χ0) is 15.4. The molecular formula is C14H30N2O3S. The molecule has 20 heavy (non-hydrogen) atoms. The van der Waals surface area contributed by atoms with Gasteiger partial charge in [0.05, 0.1) is 19.8 Å². The van der Waals surface area contributed by atoms with Gasteiger partial charge in [-0.3, -0.25) is 9.63 Å². The smallest absolute Gasteiger partial charge is 0.220 e. The van der Waals surface area contributed by atoms with E-state index in [2.05, 4.69) is 33.0 Å². The van der Waals surface area contributed by atoms with Crippen molar-refractivity contribution >= 4 is 17.7 Å². The first-order valence-corrected chi connectivity index (χ1v) is 8.30. The van der Waals surface area contributed by atoms with Gasteiger partial charge in [0.25, 0.3) is 0 Å². The predicted molar refractivity (Wildman–Crippen MR) is 84.9 cm³/mol. The van der Waals surface area contributed by atoms with Crippen LogP contribution in [0, 0.1) is 0 Å². The number of carbonyl (C=O) groups is 1. The first-order valence-electron chi connectivity index (χ1n) is 7.25. The minimum Gasteiger partial charge on any atom is -0.377 e. The molecule has 0 aromatic rings. The molecule has 0 fully saturated rings. The normalized spacial score (nSPS) is 11.6. The maximum atomic E-state index is 11.5. The maximum Gasteiger partial charge on any atom is 0.220 e. The van der Waals surface area contributed by atoms with Crippen LogP contribution in [0.1, 0.15) is 34.1 Å². The lowest BCUT2D eigenvalue weighted by Crippen LogP contribution is -2.29. The van der Waals surface area contributed by atoms with Crippen LogP contribution in [-0.4, -0.2) is 61.4 Å². The summed E-state index contributed by atoms with van der Waals surface area (Å²) in [5.74, 6) is 0.970. The standard InChI is InChI=1S/C14H30N2O3S/c1-12(2)16(5)19-10-9-18-8-7-15-14(17)6-11-20-13(3)4/h12-13H,6-11H2,1-5H3,(H,15,17). The number of rotatable bonds is 12. The molecule has 0 aromatic heterocycles. The molecule has 0 heterocycles. The van der Waals surface area contributed by atoms with Gasteiger partial charge in [-0.2, -0.15) is 16.8 Å². The molecule has 5 nitrogen and oxygen atoms in total. The molecule has 0 atom stereocenters. The van der Waals surface area contributed by atoms with Crippen LogP contribution in [0.25, 0.3) is 0 Å². The van der Waals surface area contributed by atoms with E-state index in [1.54, 1.807) is 16.8 Å². The number of amides is 1. The highest BCUT2D eigenvalue weighted by Crippen LogP contribution is 2.09. The van der Waals surface area contributed by atoms with Gasteiger partial charge in [-0.05, 0) is 19.1 Å². The van der Waals surface area contributed by atoms with Crippen LogP contribution in [-0.2, 0) is 14.4 Å². The zero-order valence-corrected chi connectivity index (χ0v) is 14.3. The Morgan fingerprint density at radius 1 is 1.20 bits per heavy atom. The Hall–Kier alpha value is -0.300. The Bertz CT molecular complexity index is 251. The van der Waals surface area contributed by atoms with Crippen molar-refractivity contribution < 1.29 is 14.4 Å². The average molecular weight is 306 g/mol. The van der Waals surface area contributed by atoms with E-state index >= 15 is 0 Å². The lowest BCUT2D eigenvalue weighted by atomic mass is 10.4. The van der Waals surface area contributed by atoms with E-state index in [1.165, 1.54) is 0 Å². The van der Waals surface area contributed by atoms with Crippen molar-refractivity contribution in [3.63, 3.8) is 0 Å². The van der Waals surface area contributed by atoms with Crippen molar-refractivity contribution in [2.24, 2.45) is 0 Å². The largest absolute Gasteiger partial charge is 0.377 e. The highest BCUT2D eigenvalue weighted by atomic mass is 32.2. The predicted octanol–water partition coefficient (Wildman–Crippen LogP) is 1.92. The Balaban J connectivity index is 3.29. The van der Waals surface area contributed by atoms with Gasteiger partial charge in [-0.15, -0.1) is 0 Å². The van der Waals surface area contributed by atoms with Gasteiger partial charge in [-0.1, -0.05) is 13.8 Å². The molecule has 0 radical (unpaired) electrons. The number of thioether (sulfide) groups is 1. The molecule has 0 aliphatic carbocycles. The zero-order valence-electron chi connectivity index (χ0n) is 13.5. The summed E-state index contributed by atoms with van der Waals surface area (Å²) in [7, 11) is 1.90. The molecule has 0 saturated heterocycles. The van der Waals surface area contributed by atoms with Crippen LogP contribution < -0.4 is 5.32 Å². The number of nitrogens with zero attached hydrogens (tertiary/aromatic N) is 1. The molecule has 0 spiro atoms. The summed E-state index contributed by atoms with van der Waals surface area (Å²) in [6.07, 6.45) is 0.575. The van der Waals surface area contributed by atoms with E-state index in [1.807, 2.05) is 7.05 Å². The minimum atomic E-state index is 0.0949. The molecule has 0 aromatic carbocycles. The van der Waals surface area contributed by atoms with E-state index in [-0.39, 0.29) is 5.91 Å². The van der Waals surface area contributed by atoms with Gasteiger partial charge in [0.15, 0.2) is 0 Å². The third-order valence-electron chi connectivity index (χ3n) is 2.60. The van der Waals surface area contributed by atoms with Gasteiger partial charge in [0.2, 0.25) is 5.91 Å². The molecule has 0 saturated carbocycles. The third kappa shape index (κ3) is 12.7. The van der Waals surface area contributed by atoms with E-state index in [4.69, 9.17) is 9.57 Å². The van der Waals surface area contributed by atoms with Crippen molar-refractivity contribution in [2.45, 2.75) is 45.4 Å². The molecular weight excluding hydrogens is 276 g/mol. The van der Waals surface area contributed by atoms with Crippen molar-refractivity contribution in [3.8, 4) is 0 Å². The van der Waals surface area contributed by atoms with Gasteiger partial charge >= 0.3 is 0 Å². The van der Waals surface area contributed by atoms with Crippen molar-refractivity contribution in [3.05, 3.63) is 0 Å². The second kappa shape index (κ2) is 12.4. The van der Waals surface area contributed by atoms with Crippen LogP contribution >= 0.6 is 11.8 Å². The number of hydroxylamine groups is 2. The number of carbonyl (C=O) groups excluding carboxylic acids is 1. The van der Waals surface area contributed by atoms with Crippen LogP contribution in [0.5, 0.6) is 0 Å². The van der Waals surface area contributed by atoms with Crippen molar-refractivity contribution in [1.82, 2.24) is 10.4 Å². The van der Waals surface area contributed by atoms with Gasteiger partial charge < -0.3 is 10.1 Å². The lowest BCUT2D eigenvalue weighted by molar-refractivity contribution is -0.170. The molecule has 120 valence electrons. The van der Waals surface area contributed by atoms with Gasteiger partial charge in [0, 0.05) is 31.8 Å². The number of nitrogens with one attached hydrogen (secondary N) is 1. The summed E-state index contributed by atoms with van der Waals surface area (Å²) >= 11 is 1.80. The quantitative estimate of drug-likeness (QED) is 0.441. The van der Waals surface area contributed by atoms with Crippen LogP contribution in [0.15, 0.2) is 0 Å². The van der Waals surface area contributed by atoms with Crippen LogP contribution in [0.4, 0.5) is 0 Å². The Kier molecular flexibility index (Phi) is 12.3. The molecule has 6 heteroatoms. The monoisotopic (exact) mass is 306 g/mol. The summed E-state index contributed by atoms with van der Waals surface area (Å²) in [6.45, 7) is 10.6. The number of hydrogen-bond donors (Lipinski definition) is 1. The summed E-state index contributed by atoms with van der Waals surface area (Å²) in [5.41, 5.74) is 0. The fourth-order valence-electron chi connectivity index (χ4n) is 1.23. The Labute approximate surface area is 127 Å². The third-order valence-corrected chi connectivity index (χ3v) is 3.71. The molecule has 0 aliphatic rings. The molecule has 0 aliphatic heterocycles. The fourth-order valence-corrected chi connectivity index (χ4v) is 2.00. The average Bonchev–Trinajstić information content (AvgIpc) is 2.36. The van der Waals surface area contributed by atoms with E-state index in [0.717, 1.165) is 5.75 Å². The maximum absolute atomic E-state index is 11.5. The van der Waals surface area contributed by atoms with Crippen LogP contribution in [0.3, 0.4) is 0 Å². The summed E-state index contributed by atoms with van der Waals surface area (Å²) in [4.78, 5) is 16.9. The molecule has 0 bridgehead atoms. The first-order chi connectivity index (χ1) is 9.43. The van der Waals surface area contributed by atoms with E-state index in [0.29, 0.717) is 44.1 Å². The van der Waals surface area contributed by atoms with Gasteiger partial charge in [-0.25, -0.2) is 0 Å². The van der Waals surface area contributed by atoms with Crippen LogP contribution in [0.2, 0.25) is 0 Å². The number of hydrogen-bond acceptors (Lipinski definition) is 5. The second-order valence-corrected chi connectivity index (χ2v) is 6.79. The molecule has 0 rings (SSSR count). The SMILES string of the molecule is CC(C)SCCC(=O)NCCOCCON(C)C(C)C. The van der Waals surface area contributed by atoms with E-state index in [9.17, 15) is 4.79 Å². The van der Waals surface area contributed by atoms with Gasteiger partial charge in [0.1, 0.15) is 0 Å². The first kappa shape index (κ1) is 19.7. The highest BCUT2D eigenvalue weighted by molar-refractivity contribution is 7.99. The molecule has 0 unspecified atom stereocenters. The Morgan fingerprint density at radius 2 is 1.90 bits per heavy atom. The highest BCUT2D eigenvalue weighted by Gasteiger charge is 2.03. The number of ether oxygens (including phenoxy) is 1. The molecule has 1 amide bonds.